The number of fused-ring (bicyclic) bond motifs is 2. The first-order valence-electron chi connectivity index (χ1n) is 17.6. The molecule has 0 atom stereocenters. The number of hydrogen-bond donors (Lipinski definition) is 0. The molecule has 0 aliphatic carbocycles. The van der Waals surface area contributed by atoms with Crippen LogP contribution in [0.2, 0.25) is 0 Å². The highest BCUT2D eigenvalue weighted by Gasteiger charge is 2.04. The van der Waals surface area contributed by atoms with E-state index >= 15 is 0 Å². The molecule has 0 heterocycles. The van der Waals surface area contributed by atoms with Crippen LogP contribution in [-0.2, 0) is 19.1 Å². The molecule has 0 bridgehead atoms. The second-order valence-corrected chi connectivity index (χ2v) is 12.9. The molecule has 6 nitrogen and oxygen atoms in total. The Bertz CT molecular complexity index is 2210. The van der Waals surface area contributed by atoms with E-state index in [9.17, 15) is 9.59 Å². The van der Waals surface area contributed by atoms with Crippen LogP contribution in [0.25, 0.3) is 21.5 Å². The molecule has 0 aliphatic rings. The van der Waals surface area contributed by atoms with Crippen molar-refractivity contribution in [1.29, 1.82) is 0 Å². The fourth-order valence-electron chi connectivity index (χ4n) is 5.40. The summed E-state index contributed by atoms with van der Waals surface area (Å²) in [4.78, 5) is 23.3. The molecule has 0 unspecified atom stereocenters. The molecule has 5 aromatic carbocycles. The third-order valence-electron chi connectivity index (χ3n) is 8.20. The van der Waals surface area contributed by atoms with Crippen LogP contribution < -0.4 is 9.47 Å². The molecule has 53 heavy (non-hydrogen) atoms. The Morgan fingerprint density at radius 2 is 1.00 bits per heavy atom. The minimum absolute atomic E-state index is 0.295. The Kier molecular flexibility index (Phi) is 14.6. The van der Waals surface area contributed by atoms with Crippen molar-refractivity contribution < 1.29 is 28.5 Å². The highest BCUT2D eigenvalue weighted by atomic mass is 32.2. The first-order chi connectivity index (χ1) is 25.9. The van der Waals surface area contributed by atoms with Crippen molar-refractivity contribution in [3.63, 3.8) is 0 Å². The molecule has 268 valence electrons. The standard InChI is InChI=1S/C46H42O6S/c1-4-45(47)51-26-9-7-6-8-25-49-42-23-21-39-30-35(16-20-41(39)32-42)13-17-37-18-14-36(31-44(37)53-3)12-11-34-15-19-40-33-43(24-22-38(40)29-34)50-27-10-28-52-46(48)5-2/h4-5,14-16,18-24,29-33H,1-2,6-10,25-28H2,3H3. The number of esters is 2. The van der Waals surface area contributed by atoms with Crippen LogP contribution in [0.3, 0.4) is 0 Å². The fraction of sp³-hybridized carbons (Fsp3) is 0.217. The van der Waals surface area contributed by atoms with E-state index in [1.54, 1.807) is 11.8 Å². The van der Waals surface area contributed by atoms with Gasteiger partial charge in [-0.2, -0.15) is 0 Å². The van der Waals surface area contributed by atoms with Gasteiger partial charge >= 0.3 is 11.9 Å². The molecular formula is C46H42O6S. The van der Waals surface area contributed by atoms with Gasteiger partial charge in [-0.05, 0) is 120 Å². The molecule has 0 aliphatic heterocycles. The number of thioether (sulfide) groups is 1. The largest absolute Gasteiger partial charge is 0.494 e. The van der Waals surface area contributed by atoms with Crippen molar-refractivity contribution >= 4 is 45.2 Å². The zero-order valence-corrected chi connectivity index (χ0v) is 30.8. The number of carbonyl (C=O) groups is 2. The van der Waals surface area contributed by atoms with Crippen LogP contribution in [0.15, 0.2) is 121 Å². The first-order valence-corrected chi connectivity index (χ1v) is 18.8. The summed E-state index contributed by atoms with van der Waals surface area (Å²) in [5.41, 5.74) is 3.77. The van der Waals surface area contributed by atoms with Crippen LogP contribution in [-0.4, -0.2) is 44.6 Å². The van der Waals surface area contributed by atoms with Crippen LogP contribution in [0, 0.1) is 23.7 Å². The highest BCUT2D eigenvalue weighted by Crippen LogP contribution is 2.25. The van der Waals surface area contributed by atoms with E-state index in [-0.39, 0.29) is 5.97 Å². The van der Waals surface area contributed by atoms with Gasteiger partial charge in [0.25, 0.3) is 0 Å². The number of benzene rings is 5. The van der Waals surface area contributed by atoms with E-state index in [0.29, 0.717) is 32.8 Å². The lowest BCUT2D eigenvalue weighted by Gasteiger charge is -2.08. The van der Waals surface area contributed by atoms with Gasteiger partial charge in [0.1, 0.15) is 11.5 Å². The van der Waals surface area contributed by atoms with Crippen molar-refractivity contribution in [2.45, 2.75) is 37.0 Å². The quantitative estimate of drug-likeness (QED) is 0.0330. The Balaban J connectivity index is 1.14. The van der Waals surface area contributed by atoms with E-state index in [1.165, 1.54) is 6.08 Å². The van der Waals surface area contributed by atoms with Crippen molar-refractivity contribution in [2.24, 2.45) is 0 Å². The summed E-state index contributed by atoms with van der Waals surface area (Å²) in [5, 5.41) is 4.35. The molecule has 0 aromatic heterocycles. The van der Waals surface area contributed by atoms with Gasteiger partial charge in [0.15, 0.2) is 0 Å². The third-order valence-corrected chi connectivity index (χ3v) is 8.98. The first kappa shape index (κ1) is 38.3. The van der Waals surface area contributed by atoms with Gasteiger partial charge in [-0.3, -0.25) is 0 Å². The van der Waals surface area contributed by atoms with Gasteiger partial charge in [-0.15, -0.1) is 11.8 Å². The Hall–Kier alpha value is -5.89. The molecule has 5 aromatic rings. The van der Waals surface area contributed by atoms with E-state index in [0.717, 1.165) is 92.0 Å². The summed E-state index contributed by atoms with van der Waals surface area (Å²) in [6.45, 7) is 8.61. The van der Waals surface area contributed by atoms with E-state index in [1.807, 2.05) is 54.6 Å². The van der Waals surface area contributed by atoms with E-state index in [2.05, 4.69) is 79.5 Å². The fourth-order valence-corrected chi connectivity index (χ4v) is 5.98. The smallest absolute Gasteiger partial charge is 0.330 e. The molecule has 0 saturated carbocycles. The van der Waals surface area contributed by atoms with Crippen molar-refractivity contribution in [3.05, 3.63) is 139 Å². The number of ether oxygens (including phenoxy) is 4. The highest BCUT2D eigenvalue weighted by molar-refractivity contribution is 7.98. The summed E-state index contributed by atoms with van der Waals surface area (Å²) < 4.78 is 21.8. The molecule has 0 fully saturated rings. The summed E-state index contributed by atoms with van der Waals surface area (Å²) in [5.74, 6) is 14.1. The zero-order valence-electron chi connectivity index (χ0n) is 30.0. The molecule has 0 N–H and O–H groups in total. The Morgan fingerprint density at radius 1 is 0.547 bits per heavy atom. The van der Waals surface area contributed by atoms with Crippen LogP contribution in [0.4, 0.5) is 0 Å². The van der Waals surface area contributed by atoms with Crippen molar-refractivity contribution in [1.82, 2.24) is 0 Å². The average molecular weight is 723 g/mol. The Morgan fingerprint density at radius 3 is 1.57 bits per heavy atom. The van der Waals surface area contributed by atoms with Crippen LogP contribution >= 0.6 is 11.8 Å². The minimum Gasteiger partial charge on any atom is -0.494 e. The maximum Gasteiger partial charge on any atom is 0.330 e. The number of unbranched alkanes of at least 4 members (excludes halogenated alkanes) is 3. The second-order valence-electron chi connectivity index (χ2n) is 12.1. The monoisotopic (exact) mass is 722 g/mol. The average Bonchev–Trinajstić information content (AvgIpc) is 3.19. The number of rotatable bonds is 16. The molecule has 7 heteroatoms. The van der Waals surface area contributed by atoms with Gasteiger partial charge in [0, 0.05) is 45.7 Å². The van der Waals surface area contributed by atoms with Gasteiger partial charge < -0.3 is 18.9 Å². The van der Waals surface area contributed by atoms with Crippen LogP contribution in [0.5, 0.6) is 11.5 Å². The lowest BCUT2D eigenvalue weighted by atomic mass is 10.1. The summed E-state index contributed by atoms with van der Waals surface area (Å²) in [6.07, 6.45) is 8.78. The third kappa shape index (κ3) is 12.1. The topological polar surface area (TPSA) is 71.1 Å². The molecule has 0 spiro atoms. The van der Waals surface area contributed by atoms with Gasteiger partial charge in [0.2, 0.25) is 0 Å². The minimum atomic E-state index is -0.426. The normalized spacial score (nSPS) is 10.4. The lowest BCUT2D eigenvalue weighted by molar-refractivity contribution is -0.138. The maximum absolute atomic E-state index is 11.1. The molecule has 0 amide bonds. The predicted octanol–water partition coefficient (Wildman–Crippen LogP) is 9.68. The van der Waals surface area contributed by atoms with Gasteiger partial charge in [0.05, 0.1) is 26.4 Å². The number of carbonyl (C=O) groups excluding carboxylic acids is 2. The lowest BCUT2D eigenvalue weighted by Crippen LogP contribution is -2.06. The zero-order chi connectivity index (χ0) is 37.3. The SMILES string of the molecule is C=CC(=O)OCCCCCCOc1ccc2cc(C#Cc3ccc(C#Cc4ccc5cc(OCCCOC(=O)C=C)ccc5c4)cc3SC)ccc2c1. The molecule has 5 rings (SSSR count). The summed E-state index contributed by atoms with van der Waals surface area (Å²) in [6, 6.07) is 30.6. The van der Waals surface area contributed by atoms with Gasteiger partial charge in [-0.25, -0.2) is 9.59 Å². The van der Waals surface area contributed by atoms with Crippen LogP contribution in [0.1, 0.15) is 54.4 Å². The van der Waals surface area contributed by atoms with Crippen molar-refractivity contribution in [2.75, 3.05) is 32.7 Å². The maximum atomic E-state index is 11.1. The van der Waals surface area contributed by atoms with Crippen molar-refractivity contribution in [3.8, 4) is 35.2 Å². The molecule has 0 saturated heterocycles. The second kappa shape index (κ2) is 20.2. The predicted molar refractivity (Wildman–Crippen MR) is 214 cm³/mol. The number of hydrogen-bond acceptors (Lipinski definition) is 7. The molecule has 0 radical (unpaired) electrons. The van der Waals surface area contributed by atoms with E-state index in [4.69, 9.17) is 18.9 Å². The van der Waals surface area contributed by atoms with E-state index < -0.39 is 5.97 Å². The molecular weight excluding hydrogens is 681 g/mol. The Labute approximate surface area is 316 Å². The summed E-state index contributed by atoms with van der Waals surface area (Å²) in [7, 11) is 0. The summed E-state index contributed by atoms with van der Waals surface area (Å²) >= 11 is 1.66. The van der Waals surface area contributed by atoms with Gasteiger partial charge in [-0.1, -0.05) is 61.1 Å².